The third-order valence-electron chi connectivity index (χ3n) is 2.90. The summed E-state index contributed by atoms with van der Waals surface area (Å²) in [5.41, 5.74) is 0. The Labute approximate surface area is 112 Å². The number of nitrogens with zero attached hydrogens (tertiary/aromatic N) is 3. The average Bonchev–Trinajstić information content (AvgIpc) is 2.45. The molecule has 1 saturated heterocycles. The molecule has 1 aromatic heterocycles. The number of ether oxygens (including phenoxy) is 3. The Balaban J connectivity index is 2.24. The molecule has 0 amide bonds. The summed E-state index contributed by atoms with van der Waals surface area (Å²) >= 11 is 0. The Kier molecular flexibility index (Phi) is 4.39. The summed E-state index contributed by atoms with van der Waals surface area (Å²) in [6, 6.07) is 1.62. The van der Waals surface area contributed by atoms with Gasteiger partial charge in [0.15, 0.2) is 0 Å². The zero-order valence-electron chi connectivity index (χ0n) is 11.4. The van der Waals surface area contributed by atoms with Crippen LogP contribution in [-0.2, 0) is 4.74 Å². The normalized spacial score (nSPS) is 23.3. The van der Waals surface area contributed by atoms with Gasteiger partial charge in [-0.1, -0.05) is 0 Å². The van der Waals surface area contributed by atoms with Gasteiger partial charge in [-0.15, -0.1) is 0 Å². The Morgan fingerprint density at radius 3 is 2.47 bits per heavy atom. The minimum absolute atomic E-state index is 0.00620. The summed E-state index contributed by atoms with van der Waals surface area (Å²) in [5, 5.41) is 9.23. The molecule has 0 saturated carbocycles. The third-order valence-corrected chi connectivity index (χ3v) is 2.90. The molecule has 2 heterocycles. The fraction of sp³-hybridized carbons (Fsp3) is 0.667. The molecular weight excluding hydrogens is 250 g/mol. The van der Waals surface area contributed by atoms with Crippen molar-refractivity contribution in [1.29, 1.82) is 0 Å². The maximum atomic E-state index is 9.23. The van der Waals surface area contributed by atoms with Crippen LogP contribution in [0.4, 0.5) is 5.95 Å². The molecule has 0 radical (unpaired) electrons. The van der Waals surface area contributed by atoms with Gasteiger partial charge in [0.25, 0.3) is 0 Å². The first kappa shape index (κ1) is 13.8. The summed E-state index contributed by atoms with van der Waals surface area (Å²) in [5.74, 6) is 1.41. The van der Waals surface area contributed by atoms with Gasteiger partial charge in [-0.05, 0) is 6.92 Å². The maximum Gasteiger partial charge on any atom is 0.232 e. The van der Waals surface area contributed by atoms with E-state index in [0.717, 1.165) is 0 Å². The maximum absolute atomic E-state index is 9.23. The molecule has 1 aliphatic heterocycles. The van der Waals surface area contributed by atoms with Crippen LogP contribution >= 0.6 is 0 Å². The lowest BCUT2D eigenvalue weighted by Gasteiger charge is -2.36. The molecule has 7 heteroatoms. The highest BCUT2D eigenvalue weighted by Crippen LogP contribution is 2.22. The summed E-state index contributed by atoms with van der Waals surface area (Å²) in [7, 11) is 3.09. The van der Waals surface area contributed by atoms with Crippen molar-refractivity contribution in [3.8, 4) is 11.8 Å². The van der Waals surface area contributed by atoms with Gasteiger partial charge in [0, 0.05) is 13.1 Å². The van der Waals surface area contributed by atoms with Gasteiger partial charge in [-0.3, -0.25) is 0 Å². The van der Waals surface area contributed by atoms with E-state index in [9.17, 15) is 5.11 Å². The molecule has 0 spiro atoms. The van der Waals surface area contributed by atoms with Crippen LogP contribution in [0.5, 0.6) is 11.8 Å². The molecule has 106 valence electrons. The fourth-order valence-corrected chi connectivity index (χ4v) is 2.05. The smallest absolute Gasteiger partial charge is 0.232 e. The first-order valence-electron chi connectivity index (χ1n) is 6.14. The van der Waals surface area contributed by atoms with E-state index < -0.39 is 0 Å². The van der Waals surface area contributed by atoms with E-state index >= 15 is 0 Å². The molecular formula is C12H19N3O4. The molecule has 0 bridgehead atoms. The van der Waals surface area contributed by atoms with Crippen LogP contribution in [0.15, 0.2) is 6.07 Å². The van der Waals surface area contributed by atoms with Crippen molar-refractivity contribution in [1.82, 2.24) is 9.97 Å². The van der Waals surface area contributed by atoms with Crippen LogP contribution in [0, 0.1) is 0 Å². The van der Waals surface area contributed by atoms with E-state index in [2.05, 4.69) is 9.97 Å². The average molecular weight is 269 g/mol. The quantitative estimate of drug-likeness (QED) is 0.829. The number of rotatable bonds is 4. The predicted molar refractivity (Wildman–Crippen MR) is 68.8 cm³/mol. The highest BCUT2D eigenvalue weighted by molar-refractivity contribution is 5.37. The van der Waals surface area contributed by atoms with Gasteiger partial charge in [0.05, 0.1) is 39.1 Å². The molecule has 1 N–H and O–H groups in total. The van der Waals surface area contributed by atoms with Gasteiger partial charge in [-0.25, -0.2) is 0 Å². The van der Waals surface area contributed by atoms with Crippen LogP contribution < -0.4 is 14.4 Å². The van der Waals surface area contributed by atoms with Crippen LogP contribution in [0.2, 0.25) is 0 Å². The Morgan fingerprint density at radius 2 is 1.95 bits per heavy atom. The fourth-order valence-electron chi connectivity index (χ4n) is 2.05. The van der Waals surface area contributed by atoms with E-state index in [4.69, 9.17) is 14.2 Å². The Morgan fingerprint density at radius 1 is 1.32 bits per heavy atom. The molecule has 2 rings (SSSR count). The van der Waals surface area contributed by atoms with Gasteiger partial charge in [0.2, 0.25) is 17.7 Å². The van der Waals surface area contributed by atoms with Crippen LogP contribution in [0.25, 0.3) is 0 Å². The predicted octanol–water partition coefficient (Wildman–Crippen LogP) is 0.0798. The Hall–Kier alpha value is -1.60. The van der Waals surface area contributed by atoms with Crippen molar-refractivity contribution in [3.05, 3.63) is 6.07 Å². The molecule has 2 atom stereocenters. The molecule has 2 unspecified atom stereocenters. The number of aliphatic hydroxyl groups excluding tert-OH is 1. The summed E-state index contributed by atoms with van der Waals surface area (Å²) in [4.78, 5) is 10.6. The highest BCUT2D eigenvalue weighted by atomic mass is 16.5. The minimum Gasteiger partial charge on any atom is -0.481 e. The first-order valence-corrected chi connectivity index (χ1v) is 6.14. The number of morpholine rings is 1. The second kappa shape index (κ2) is 6.03. The van der Waals surface area contributed by atoms with Gasteiger partial charge < -0.3 is 24.2 Å². The first-order chi connectivity index (χ1) is 9.16. The van der Waals surface area contributed by atoms with Gasteiger partial charge >= 0.3 is 0 Å². The molecule has 1 aliphatic rings. The van der Waals surface area contributed by atoms with Crippen molar-refractivity contribution in [3.63, 3.8) is 0 Å². The van der Waals surface area contributed by atoms with Crippen LogP contribution in [0.3, 0.4) is 0 Å². The van der Waals surface area contributed by atoms with E-state index in [1.54, 1.807) is 20.3 Å². The van der Waals surface area contributed by atoms with Gasteiger partial charge in [0.1, 0.15) is 0 Å². The number of aromatic nitrogens is 2. The lowest BCUT2D eigenvalue weighted by molar-refractivity contribution is -0.0425. The lowest BCUT2D eigenvalue weighted by Crippen LogP contribution is -2.48. The number of aliphatic hydroxyl groups is 1. The van der Waals surface area contributed by atoms with Crippen molar-refractivity contribution >= 4 is 5.95 Å². The number of anilines is 1. The largest absolute Gasteiger partial charge is 0.481 e. The summed E-state index contributed by atoms with van der Waals surface area (Å²) in [6.07, 6.45) is -0.226. The molecule has 0 aliphatic carbocycles. The monoisotopic (exact) mass is 269 g/mol. The van der Waals surface area contributed by atoms with E-state index in [0.29, 0.717) is 30.8 Å². The lowest BCUT2D eigenvalue weighted by atomic mass is 10.2. The SMILES string of the molecule is COc1cc(OC)nc(N2CC(C)OC(CO)C2)n1. The highest BCUT2D eigenvalue weighted by Gasteiger charge is 2.27. The van der Waals surface area contributed by atoms with Crippen molar-refractivity contribution in [2.45, 2.75) is 19.1 Å². The van der Waals surface area contributed by atoms with E-state index in [1.807, 2.05) is 11.8 Å². The second-order valence-electron chi connectivity index (χ2n) is 4.41. The molecule has 1 aromatic rings. The standard InChI is InChI=1S/C12H19N3O4/c1-8-5-15(6-9(7-16)19-8)12-13-10(17-2)4-11(14-12)18-3/h4,8-9,16H,5-7H2,1-3H3. The molecule has 1 fully saturated rings. The minimum atomic E-state index is -0.232. The van der Waals surface area contributed by atoms with E-state index in [1.165, 1.54) is 0 Å². The zero-order valence-corrected chi connectivity index (χ0v) is 11.4. The van der Waals surface area contributed by atoms with Crippen molar-refractivity contribution < 1.29 is 19.3 Å². The third kappa shape index (κ3) is 3.24. The van der Waals surface area contributed by atoms with Crippen molar-refractivity contribution in [2.75, 3.05) is 38.8 Å². The zero-order chi connectivity index (χ0) is 13.8. The van der Waals surface area contributed by atoms with Crippen LogP contribution in [-0.4, -0.2) is 61.2 Å². The van der Waals surface area contributed by atoms with Crippen LogP contribution in [0.1, 0.15) is 6.92 Å². The number of methoxy groups -OCH3 is 2. The Bertz CT molecular complexity index is 407. The summed E-state index contributed by atoms with van der Waals surface area (Å²) in [6.45, 7) is 3.12. The topological polar surface area (TPSA) is 76.9 Å². The molecule has 7 nitrogen and oxygen atoms in total. The molecule has 0 aromatic carbocycles. The van der Waals surface area contributed by atoms with Gasteiger partial charge in [-0.2, -0.15) is 9.97 Å². The second-order valence-corrected chi connectivity index (χ2v) is 4.41. The number of hydrogen-bond acceptors (Lipinski definition) is 7. The number of hydrogen-bond donors (Lipinski definition) is 1. The van der Waals surface area contributed by atoms with E-state index in [-0.39, 0.29) is 18.8 Å². The molecule has 19 heavy (non-hydrogen) atoms. The van der Waals surface area contributed by atoms with Crippen molar-refractivity contribution in [2.24, 2.45) is 0 Å². The summed E-state index contributed by atoms with van der Waals surface area (Å²) < 4.78 is 15.9.